The van der Waals surface area contributed by atoms with Gasteiger partial charge in [0.15, 0.2) is 31.5 Å². The van der Waals surface area contributed by atoms with Gasteiger partial charge in [0.2, 0.25) is 0 Å². The highest BCUT2D eigenvalue weighted by atomic mass is 31.2. The molecule has 22 N–H and O–H groups in total. The van der Waals surface area contributed by atoms with Crippen LogP contribution in [0.4, 0.5) is 0 Å². The van der Waals surface area contributed by atoms with Crippen LogP contribution in [0.3, 0.4) is 0 Å². The van der Waals surface area contributed by atoms with E-state index in [0.29, 0.717) is 6.42 Å². The SMILES string of the molecule is CCCCCCCCCCCCCCCCCCC(=O)OC[C@@H](O)COP(=O)(O)O[C@@H]1C(O[C@@H]2OC(CO[C@@H]3OC(CO[C@@H]4OC(CO[C@@H]5OC(CO)[C@H](O)C(O)[C@@H]5O)[C@H](O)C(O)[C@@H]4O)[C@H](O)C(O)[C@@H]3O)[C@H](O)C(O)[C@@H]2O)C(O)[C@@H](O)C(O)[C@H]1O[C@H]1OC(CO)[C@@H](O)C(O)[C@H]1O. The van der Waals surface area contributed by atoms with Crippen molar-refractivity contribution in [2.75, 3.05) is 46.2 Å². The highest BCUT2D eigenvalue weighted by Crippen LogP contribution is 2.49. The molecule has 96 heavy (non-hydrogen) atoms. The molecule has 0 aromatic rings. The van der Waals surface area contributed by atoms with E-state index in [2.05, 4.69) is 6.92 Å². The fourth-order valence-corrected chi connectivity index (χ4v) is 12.9. The van der Waals surface area contributed by atoms with Gasteiger partial charge in [0, 0.05) is 6.42 Å². The molecule has 1 aliphatic carbocycles. The number of unbranched alkanes of at least 4 members (excludes halogenated alkanes) is 15. The number of aliphatic hydroxyl groups is 21. The molecule has 0 aromatic carbocycles. The van der Waals surface area contributed by atoms with Crippen LogP contribution in [0, 0.1) is 0 Å². The van der Waals surface area contributed by atoms with Gasteiger partial charge in [-0.05, 0) is 6.42 Å². The molecule has 6 rings (SSSR count). The number of carbonyl (C=O) groups excluding carboxylic acids is 1. The van der Waals surface area contributed by atoms with Crippen LogP contribution in [0.15, 0.2) is 0 Å². The summed E-state index contributed by atoms with van der Waals surface area (Å²) in [7, 11) is -5.73. The molecule has 0 radical (unpaired) electrons. The van der Waals surface area contributed by atoms with E-state index < -0.39 is 256 Å². The zero-order valence-corrected chi connectivity index (χ0v) is 54.2. The topological polar surface area (TPSA) is 599 Å². The maximum absolute atomic E-state index is 13.8. The smallest absolute Gasteiger partial charge is 0.463 e. The van der Waals surface area contributed by atoms with Gasteiger partial charge in [-0.25, -0.2) is 4.57 Å². The quantitative estimate of drug-likeness (QED) is 0.0154. The minimum absolute atomic E-state index is 0.00649. The second kappa shape index (κ2) is 40.4. The second-order valence-electron chi connectivity index (χ2n) is 25.3. The standard InChI is InChI=1S/C58H105O37P/c1-2-3-4-5-6-7-8-9-10-11-12-13-14-15-16-17-18-32(62)83-21-26(61)22-87-96(81,82)95-53-51(93-57-49(79)39(69)34(64)28(20-60)89-57)44(74)43(73)45(75)52(53)94-58-50(80)42(72)37(67)31(92-58)25-86-56-48(78)41(71)36(66)30(91-56)24-85-55-47(77)40(70)35(65)29(90-55)23-84-54-46(76)38(68)33(63)27(19-59)88-54/h26-31,33-61,63-80H,2-25H2,1H3,(H,81,82)/t26-,27?,28?,29?,30?,31?,33+,34-,35+,36+,37+,38?,39?,40?,41?,42?,43+,44?,45?,46+,47+,48+,49-,50+,51-,52?,53+,54-,55-,56-,57-,58+/m1/s1. The molecular weight excluding hydrogens is 1320 g/mol. The summed E-state index contributed by atoms with van der Waals surface area (Å²) >= 11 is 0. The lowest BCUT2D eigenvalue weighted by atomic mass is 9.84. The lowest BCUT2D eigenvalue weighted by Crippen LogP contribution is -2.69. The van der Waals surface area contributed by atoms with Crippen molar-refractivity contribution in [3.8, 4) is 0 Å². The zero-order valence-electron chi connectivity index (χ0n) is 53.4. The van der Waals surface area contributed by atoms with Crippen molar-refractivity contribution in [2.45, 2.75) is 312 Å². The Morgan fingerprint density at radius 2 is 0.667 bits per heavy atom. The molecule has 37 nitrogen and oxygen atoms in total. The highest BCUT2D eigenvalue weighted by Gasteiger charge is 2.59. The van der Waals surface area contributed by atoms with E-state index in [-0.39, 0.29) is 6.42 Å². The van der Waals surface area contributed by atoms with Crippen molar-refractivity contribution >= 4 is 13.8 Å². The third-order valence-corrected chi connectivity index (χ3v) is 18.9. The number of ether oxygens (including phenoxy) is 11. The zero-order chi connectivity index (χ0) is 70.7. The van der Waals surface area contributed by atoms with Crippen LogP contribution in [-0.2, 0) is 70.5 Å². The third-order valence-electron chi connectivity index (χ3n) is 17.9. The van der Waals surface area contributed by atoms with Crippen molar-refractivity contribution in [3.05, 3.63) is 0 Å². The average Bonchev–Trinajstić information content (AvgIpc) is 0.764. The van der Waals surface area contributed by atoms with E-state index in [0.717, 1.165) is 32.1 Å². The minimum Gasteiger partial charge on any atom is -0.463 e. The fraction of sp³-hybridized carbons (Fsp3) is 0.983. The number of carbonyl (C=O) groups is 1. The van der Waals surface area contributed by atoms with E-state index in [4.69, 9.17) is 61.2 Å². The van der Waals surface area contributed by atoms with Crippen molar-refractivity contribution in [1.29, 1.82) is 0 Å². The van der Waals surface area contributed by atoms with Crippen LogP contribution in [0.2, 0.25) is 0 Å². The van der Waals surface area contributed by atoms with E-state index in [1.165, 1.54) is 64.2 Å². The van der Waals surface area contributed by atoms with Gasteiger partial charge in [-0.1, -0.05) is 103 Å². The molecule has 0 spiro atoms. The number of phosphoric acid groups is 1. The van der Waals surface area contributed by atoms with Gasteiger partial charge in [0.05, 0.1) is 39.6 Å². The third kappa shape index (κ3) is 22.9. The number of hydrogen-bond acceptors (Lipinski definition) is 36. The maximum Gasteiger partial charge on any atom is 0.472 e. The molecule has 0 amide bonds. The number of esters is 1. The van der Waals surface area contributed by atoms with Gasteiger partial charge in [0.25, 0.3) is 0 Å². The summed E-state index contributed by atoms with van der Waals surface area (Å²) < 4.78 is 84.9. The Labute approximate surface area is 553 Å². The van der Waals surface area contributed by atoms with E-state index in [9.17, 15) is 121 Å². The van der Waals surface area contributed by atoms with Gasteiger partial charge in [-0.15, -0.1) is 0 Å². The summed E-state index contributed by atoms with van der Waals surface area (Å²) in [6.45, 7) is -4.12. The first-order valence-electron chi connectivity index (χ1n) is 33.0. The largest absolute Gasteiger partial charge is 0.472 e. The van der Waals surface area contributed by atoms with Crippen LogP contribution in [0.5, 0.6) is 0 Å². The molecule has 0 aromatic heterocycles. The molecule has 564 valence electrons. The summed E-state index contributed by atoms with van der Waals surface area (Å²) in [6.07, 6.45) is -48.1. The molecular formula is C58H105O37P. The number of phosphoric ester groups is 1. The first-order valence-corrected chi connectivity index (χ1v) is 34.5. The Morgan fingerprint density at radius 3 is 1.02 bits per heavy atom. The number of hydrogen-bond donors (Lipinski definition) is 22. The van der Waals surface area contributed by atoms with Gasteiger partial charge in [-0.3, -0.25) is 13.8 Å². The van der Waals surface area contributed by atoms with Crippen LogP contribution >= 0.6 is 7.82 Å². The summed E-state index contributed by atoms with van der Waals surface area (Å²) in [4.78, 5) is 23.7. The molecule has 0 bridgehead atoms. The monoisotopic (exact) mass is 1420 g/mol. The van der Waals surface area contributed by atoms with Crippen molar-refractivity contribution < 1.29 is 183 Å². The number of rotatable bonds is 39. The van der Waals surface area contributed by atoms with E-state index >= 15 is 0 Å². The van der Waals surface area contributed by atoms with Gasteiger partial charge in [0.1, 0.15) is 171 Å². The Hall–Kier alpha value is -1.66. The molecule has 33 atom stereocenters. The summed E-state index contributed by atoms with van der Waals surface area (Å²) in [5.74, 6) is -0.688. The van der Waals surface area contributed by atoms with Crippen molar-refractivity contribution in [3.63, 3.8) is 0 Å². The normalized spacial score (nSPS) is 42.6. The lowest BCUT2D eigenvalue weighted by Gasteiger charge is -2.49. The van der Waals surface area contributed by atoms with Crippen LogP contribution in [-0.4, -0.2) is 361 Å². The molecule has 1 saturated carbocycles. The van der Waals surface area contributed by atoms with Gasteiger partial charge >= 0.3 is 13.8 Å². The molecule has 5 heterocycles. The predicted octanol–water partition coefficient (Wildman–Crippen LogP) is -8.02. The fourth-order valence-electron chi connectivity index (χ4n) is 11.9. The Bertz CT molecular complexity index is 2240. The van der Waals surface area contributed by atoms with E-state index in [1.54, 1.807) is 0 Å². The van der Waals surface area contributed by atoms with Crippen LogP contribution < -0.4 is 0 Å². The summed E-state index contributed by atoms with van der Waals surface area (Å²) in [5.41, 5.74) is 0. The first-order chi connectivity index (χ1) is 45.6. The lowest BCUT2D eigenvalue weighted by molar-refractivity contribution is -0.365. The highest BCUT2D eigenvalue weighted by molar-refractivity contribution is 7.47. The Balaban J connectivity index is 1.06. The average molecular weight is 1430 g/mol. The van der Waals surface area contributed by atoms with Gasteiger partial charge in [-0.2, -0.15) is 0 Å². The van der Waals surface area contributed by atoms with E-state index in [1.807, 2.05) is 0 Å². The minimum atomic E-state index is -5.73. The maximum atomic E-state index is 13.8. The van der Waals surface area contributed by atoms with Crippen molar-refractivity contribution in [2.24, 2.45) is 0 Å². The van der Waals surface area contributed by atoms with Gasteiger partial charge < -0.3 is 164 Å². The van der Waals surface area contributed by atoms with Crippen LogP contribution in [0.1, 0.15) is 116 Å². The Kier molecular flexibility index (Phi) is 35.1. The van der Waals surface area contributed by atoms with Crippen LogP contribution in [0.25, 0.3) is 0 Å². The summed E-state index contributed by atoms with van der Waals surface area (Å²) in [5, 5.41) is 225. The molecule has 6 fully saturated rings. The first kappa shape index (κ1) is 83.3. The molecule has 38 heteroatoms. The summed E-state index contributed by atoms with van der Waals surface area (Å²) in [6, 6.07) is 0. The van der Waals surface area contributed by atoms with Crippen molar-refractivity contribution in [1.82, 2.24) is 0 Å². The number of aliphatic hydroxyl groups excluding tert-OH is 21. The molecule has 6 aliphatic rings. The Morgan fingerprint density at radius 1 is 0.375 bits per heavy atom. The molecule has 5 saturated heterocycles. The predicted molar refractivity (Wildman–Crippen MR) is 315 cm³/mol. The second-order valence-corrected chi connectivity index (χ2v) is 26.7. The molecule has 14 unspecified atom stereocenters. The molecule has 5 aliphatic heterocycles.